The van der Waals surface area contributed by atoms with E-state index < -0.39 is 0 Å². The van der Waals surface area contributed by atoms with Crippen molar-refractivity contribution in [2.75, 3.05) is 11.4 Å². The minimum Gasteiger partial charge on any atom is -0.409 e. The Hall–Kier alpha value is -2.64. The van der Waals surface area contributed by atoms with Crippen LogP contribution in [0.3, 0.4) is 0 Å². The van der Waals surface area contributed by atoms with E-state index in [1.165, 1.54) is 6.20 Å². The van der Waals surface area contributed by atoms with Crippen LogP contribution in [0.2, 0.25) is 0 Å². The highest BCUT2D eigenvalue weighted by Crippen LogP contribution is 2.21. The number of amidine groups is 1. The van der Waals surface area contributed by atoms with Gasteiger partial charge in [-0.05, 0) is 6.07 Å². The SMILES string of the molecule is N/C(=N/O)c1ccnnc1N1CCn2ccnc2C1. The Kier molecular flexibility index (Phi) is 2.75. The highest BCUT2D eigenvalue weighted by Gasteiger charge is 2.21. The number of imidazole rings is 1. The second-order valence-corrected chi connectivity index (χ2v) is 4.21. The highest BCUT2D eigenvalue weighted by atomic mass is 16.4. The molecule has 0 aromatic carbocycles. The fraction of sp³-hybridized carbons (Fsp3) is 0.273. The molecule has 0 aliphatic carbocycles. The van der Waals surface area contributed by atoms with Crippen LogP contribution < -0.4 is 10.6 Å². The lowest BCUT2D eigenvalue weighted by molar-refractivity contribution is 0.318. The maximum absolute atomic E-state index is 8.82. The van der Waals surface area contributed by atoms with Crippen molar-refractivity contribution in [2.45, 2.75) is 13.1 Å². The van der Waals surface area contributed by atoms with Crippen LogP contribution in [0.1, 0.15) is 11.4 Å². The van der Waals surface area contributed by atoms with Gasteiger partial charge in [0.25, 0.3) is 0 Å². The Morgan fingerprint density at radius 2 is 2.26 bits per heavy atom. The molecule has 8 nitrogen and oxygen atoms in total. The zero-order valence-corrected chi connectivity index (χ0v) is 10.1. The first-order chi connectivity index (χ1) is 9.29. The second-order valence-electron chi connectivity index (χ2n) is 4.21. The molecule has 0 atom stereocenters. The topological polar surface area (TPSA) is 105 Å². The van der Waals surface area contributed by atoms with Crippen molar-refractivity contribution in [3.63, 3.8) is 0 Å². The quantitative estimate of drug-likeness (QED) is 0.334. The van der Waals surface area contributed by atoms with Crippen molar-refractivity contribution >= 4 is 11.7 Å². The molecular formula is C11H13N7O. The minimum absolute atomic E-state index is 0.0267. The Bertz CT molecular complexity index is 621. The molecule has 0 amide bonds. The summed E-state index contributed by atoms with van der Waals surface area (Å²) < 4.78 is 2.09. The second kappa shape index (κ2) is 4.56. The Morgan fingerprint density at radius 3 is 3.11 bits per heavy atom. The number of aromatic nitrogens is 4. The normalized spacial score (nSPS) is 15.4. The standard InChI is InChI=1S/C11H13N7O/c12-10(16-19)8-1-2-14-15-11(8)18-6-5-17-4-3-13-9(17)7-18/h1-4,19H,5-7H2,(H2,12,16). The molecule has 3 rings (SSSR count). The van der Waals surface area contributed by atoms with Crippen LogP contribution in [0.5, 0.6) is 0 Å². The molecule has 98 valence electrons. The lowest BCUT2D eigenvalue weighted by atomic mass is 10.2. The number of fused-ring (bicyclic) bond motifs is 1. The number of hydrogen-bond acceptors (Lipinski definition) is 6. The number of hydrogen-bond donors (Lipinski definition) is 2. The smallest absolute Gasteiger partial charge is 0.173 e. The van der Waals surface area contributed by atoms with E-state index in [2.05, 4.69) is 24.9 Å². The Balaban J connectivity index is 1.96. The van der Waals surface area contributed by atoms with Gasteiger partial charge in [0.05, 0.1) is 18.3 Å². The van der Waals surface area contributed by atoms with Gasteiger partial charge in [0, 0.05) is 25.5 Å². The molecule has 8 heteroatoms. The molecule has 0 bridgehead atoms. The zero-order chi connectivity index (χ0) is 13.2. The molecule has 0 spiro atoms. The third-order valence-corrected chi connectivity index (χ3v) is 3.13. The Morgan fingerprint density at radius 1 is 1.37 bits per heavy atom. The van der Waals surface area contributed by atoms with Crippen LogP contribution in [0.15, 0.2) is 29.8 Å². The van der Waals surface area contributed by atoms with Gasteiger partial charge in [-0.15, -0.1) is 5.10 Å². The summed E-state index contributed by atoms with van der Waals surface area (Å²) in [5, 5.41) is 19.8. The number of rotatable bonds is 2. The van der Waals surface area contributed by atoms with Crippen LogP contribution in [0.4, 0.5) is 5.82 Å². The van der Waals surface area contributed by atoms with Gasteiger partial charge >= 0.3 is 0 Å². The maximum atomic E-state index is 8.82. The monoisotopic (exact) mass is 259 g/mol. The summed E-state index contributed by atoms with van der Waals surface area (Å²) in [6, 6.07) is 1.68. The van der Waals surface area contributed by atoms with E-state index in [1.54, 1.807) is 12.3 Å². The number of anilines is 1. The van der Waals surface area contributed by atoms with Gasteiger partial charge < -0.3 is 20.4 Å². The van der Waals surface area contributed by atoms with Gasteiger partial charge in [-0.2, -0.15) is 5.10 Å². The highest BCUT2D eigenvalue weighted by molar-refractivity contribution is 6.01. The van der Waals surface area contributed by atoms with Crippen LogP contribution in [0, 0.1) is 0 Å². The predicted octanol–water partition coefficient (Wildman–Crippen LogP) is -0.212. The largest absolute Gasteiger partial charge is 0.409 e. The fourth-order valence-corrected chi connectivity index (χ4v) is 2.17. The molecule has 0 radical (unpaired) electrons. The van der Waals surface area contributed by atoms with Crippen molar-refractivity contribution in [1.82, 2.24) is 19.7 Å². The van der Waals surface area contributed by atoms with Gasteiger partial charge in [-0.1, -0.05) is 5.16 Å². The molecule has 19 heavy (non-hydrogen) atoms. The van der Waals surface area contributed by atoms with Crippen LogP contribution >= 0.6 is 0 Å². The number of oxime groups is 1. The molecule has 1 aliphatic rings. The first-order valence-electron chi connectivity index (χ1n) is 5.84. The zero-order valence-electron chi connectivity index (χ0n) is 10.1. The maximum Gasteiger partial charge on any atom is 0.173 e. The van der Waals surface area contributed by atoms with Crippen molar-refractivity contribution in [1.29, 1.82) is 0 Å². The van der Waals surface area contributed by atoms with E-state index in [4.69, 9.17) is 10.9 Å². The third-order valence-electron chi connectivity index (χ3n) is 3.13. The molecule has 3 N–H and O–H groups in total. The van der Waals surface area contributed by atoms with E-state index in [9.17, 15) is 0 Å². The van der Waals surface area contributed by atoms with Crippen molar-refractivity contribution in [3.8, 4) is 0 Å². The van der Waals surface area contributed by atoms with Crippen molar-refractivity contribution in [3.05, 3.63) is 36.0 Å². The lowest BCUT2D eigenvalue weighted by Crippen LogP contribution is -2.36. The molecular weight excluding hydrogens is 246 g/mol. The van der Waals surface area contributed by atoms with E-state index in [0.717, 1.165) is 18.9 Å². The average molecular weight is 259 g/mol. The molecule has 2 aromatic rings. The molecule has 2 aromatic heterocycles. The number of nitrogens with zero attached hydrogens (tertiary/aromatic N) is 6. The molecule has 0 unspecified atom stereocenters. The van der Waals surface area contributed by atoms with E-state index in [1.807, 2.05) is 11.1 Å². The summed E-state index contributed by atoms with van der Waals surface area (Å²) in [6.45, 7) is 2.21. The fourth-order valence-electron chi connectivity index (χ4n) is 2.17. The van der Waals surface area contributed by atoms with Crippen molar-refractivity contribution in [2.24, 2.45) is 10.9 Å². The van der Waals surface area contributed by atoms with Gasteiger partial charge in [0.1, 0.15) is 5.82 Å². The van der Waals surface area contributed by atoms with Gasteiger partial charge in [-0.25, -0.2) is 4.98 Å². The first-order valence-corrected chi connectivity index (χ1v) is 5.84. The summed E-state index contributed by atoms with van der Waals surface area (Å²) in [7, 11) is 0. The van der Waals surface area contributed by atoms with Crippen LogP contribution in [-0.4, -0.2) is 37.3 Å². The predicted molar refractivity (Wildman–Crippen MR) is 67.8 cm³/mol. The average Bonchev–Trinajstić information content (AvgIpc) is 2.93. The Labute approximate surface area is 109 Å². The summed E-state index contributed by atoms with van der Waals surface area (Å²) >= 11 is 0. The van der Waals surface area contributed by atoms with Gasteiger partial charge in [-0.3, -0.25) is 0 Å². The third kappa shape index (κ3) is 1.96. The number of nitrogens with two attached hydrogens (primary N) is 1. The lowest BCUT2D eigenvalue weighted by Gasteiger charge is -2.29. The summed E-state index contributed by atoms with van der Waals surface area (Å²) in [5.74, 6) is 1.59. The summed E-state index contributed by atoms with van der Waals surface area (Å²) in [4.78, 5) is 6.31. The first kappa shape index (κ1) is 11.5. The molecule has 0 saturated carbocycles. The van der Waals surface area contributed by atoms with Crippen LogP contribution in [-0.2, 0) is 13.1 Å². The summed E-state index contributed by atoms with van der Waals surface area (Å²) in [5.41, 5.74) is 6.23. The van der Waals surface area contributed by atoms with Crippen molar-refractivity contribution < 1.29 is 5.21 Å². The minimum atomic E-state index is 0.0267. The molecule has 0 saturated heterocycles. The molecule has 1 aliphatic heterocycles. The molecule has 0 fully saturated rings. The molecule has 3 heterocycles. The van der Waals surface area contributed by atoms with Crippen LogP contribution in [0.25, 0.3) is 0 Å². The van der Waals surface area contributed by atoms with E-state index in [-0.39, 0.29) is 5.84 Å². The van der Waals surface area contributed by atoms with E-state index in [0.29, 0.717) is 17.9 Å². The summed E-state index contributed by atoms with van der Waals surface area (Å²) in [6.07, 6.45) is 5.25. The van der Waals surface area contributed by atoms with Gasteiger partial charge in [0.2, 0.25) is 0 Å². The van der Waals surface area contributed by atoms with E-state index >= 15 is 0 Å². The van der Waals surface area contributed by atoms with Gasteiger partial charge in [0.15, 0.2) is 11.7 Å².